The molecule has 1 amide bonds. The highest BCUT2D eigenvalue weighted by Gasteiger charge is 2.10. The first kappa shape index (κ1) is 11.8. The fourth-order valence-electron chi connectivity index (χ4n) is 1.21. The zero-order chi connectivity index (χ0) is 12.3. The normalized spacial score (nSPS) is 10.0. The molecule has 0 saturated carbocycles. The Morgan fingerprint density at radius 3 is 2.76 bits per heavy atom. The predicted molar refractivity (Wildman–Crippen MR) is 66.4 cm³/mol. The van der Waals surface area contributed by atoms with E-state index in [0.717, 1.165) is 0 Å². The van der Waals surface area contributed by atoms with E-state index in [4.69, 9.17) is 23.2 Å². The topological polar surface area (TPSA) is 54.9 Å². The van der Waals surface area contributed by atoms with Gasteiger partial charge in [0.2, 0.25) is 0 Å². The number of halogens is 2. The largest absolute Gasteiger partial charge is 0.319 e. The van der Waals surface area contributed by atoms with Gasteiger partial charge in [-0.1, -0.05) is 29.3 Å². The Balaban J connectivity index is 2.22. The summed E-state index contributed by atoms with van der Waals surface area (Å²) in [7, 11) is 0. The predicted octanol–water partition coefficient (Wildman–Crippen LogP) is 3.04. The maximum absolute atomic E-state index is 11.8. The number of benzene rings is 1. The minimum Gasteiger partial charge on any atom is -0.319 e. The molecule has 0 radical (unpaired) electrons. The van der Waals surface area contributed by atoms with E-state index in [1.54, 1.807) is 18.2 Å². The van der Waals surface area contributed by atoms with Crippen molar-refractivity contribution in [1.82, 2.24) is 9.97 Å². The molecule has 0 aliphatic heterocycles. The molecule has 1 aromatic heterocycles. The third-order valence-electron chi connectivity index (χ3n) is 2.01. The number of hydrogen-bond acceptors (Lipinski definition) is 3. The molecule has 0 saturated heterocycles. The van der Waals surface area contributed by atoms with Crippen LogP contribution in [0, 0.1) is 0 Å². The molecule has 86 valence electrons. The van der Waals surface area contributed by atoms with Crippen LogP contribution in [0.1, 0.15) is 10.5 Å². The molecular formula is C11H7Cl2N3O. The fraction of sp³-hybridized carbons (Fsp3) is 0. The maximum atomic E-state index is 11.8. The standard InChI is InChI=1S/C11H7Cl2N3O/c12-7-2-1-3-8(10(7)13)16-11(17)9-4-5-14-6-15-9/h1-6H,(H,16,17). The average Bonchev–Trinajstić information content (AvgIpc) is 2.36. The van der Waals surface area contributed by atoms with Crippen LogP contribution in [0.25, 0.3) is 0 Å². The van der Waals surface area contributed by atoms with Crippen LogP contribution in [-0.2, 0) is 0 Å². The molecule has 0 spiro atoms. The third kappa shape index (κ3) is 2.72. The van der Waals surface area contributed by atoms with E-state index < -0.39 is 0 Å². The number of anilines is 1. The SMILES string of the molecule is O=C(Nc1cccc(Cl)c1Cl)c1ccncn1. The van der Waals surface area contributed by atoms with E-state index in [-0.39, 0.29) is 11.6 Å². The fourth-order valence-corrected chi connectivity index (χ4v) is 1.56. The summed E-state index contributed by atoms with van der Waals surface area (Å²) in [5.41, 5.74) is 0.707. The minimum absolute atomic E-state index is 0.260. The second-order valence-electron chi connectivity index (χ2n) is 3.15. The molecule has 1 aromatic carbocycles. The van der Waals surface area contributed by atoms with Crippen LogP contribution in [0.4, 0.5) is 5.69 Å². The van der Waals surface area contributed by atoms with Crippen molar-refractivity contribution in [2.45, 2.75) is 0 Å². The number of rotatable bonds is 2. The number of nitrogens with zero attached hydrogens (tertiary/aromatic N) is 2. The summed E-state index contributed by atoms with van der Waals surface area (Å²) in [6.45, 7) is 0. The number of carbonyl (C=O) groups excluding carboxylic acids is 1. The number of hydrogen-bond donors (Lipinski definition) is 1. The Kier molecular flexibility index (Phi) is 3.56. The minimum atomic E-state index is -0.364. The lowest BCUT2D eigenvalue weighted by molar-refractivity contribution is 0.102. The molecule has 0 atom stereocenters. The summed E-state index contributed by atoms with van der Waals surface area (Å²) in [6, 6.07) is 6.51. The van der Waals surface area contributed by atoms with Crippen molar-refractivity contribution in [2.24, 2.45) is 0 Å². The van der Waals surface area contributed by atoms with Crippen LogP contribution in [0.15, 0.2) is 36.8 Å². The Hall–Kier alpha value is -1.65. The van der Waals surface area contributed by atoms with Gasteiger partial charge in [0.1, 0.15) is 12.0 Å². The highest BCUT2D eigenvalue weighted by atomic mass is 35.5. The lowest BCUT2D eigenvalue weighted by Gasteiger charge is -2.07. The first-order valence-corrected chi connectivity index (χ1v) is 5.45. The van der Waals surface area contributed by atoms with E-state index in [0.29, 0.717) is 15.7 Å². The van der Waals surface area contributed by atoms with Gasteiger partial charge in [-0.2, -0.15) is 0 Å². The van der Waals surface area contributed by atoms with Crippen LogP contribution in [0.5, 0.6) is 0 Å². The average molecular weight is 268 g/mol. The Morgan fingerprint density at radius 2 is 2.06 bits per heavy atom. The van der Waals surface area contributed by atoms with Gasteiger partial charge in [-0.3, -0.25) is 4.79 Å². The van der Waals surface area contributed by atoms with Crippen LogP contribution < -0.4 is 5.32 Å². The number of carbonyl (C=O) groups is 1. The molecule has 0 unspecified atom stereocenters. The van der Waals surface area contributed by atoms with Crippen molar-refractivity contribution in [3.05, 3.63) is 52.5 Å². The molecule has 17 heavy (non-hydrogen) atoms. The van der Waals surface area contributed by atoms with E-state index in [9.17, 15) is 4.79 Å². The molecule has 2 rings (SSSR count). The summed E-state index contributed by atoms with van der Waals surface area (Å²) in [5, 5.41) is 3.31. The lowest BCUT2D eigenvalue weighted by atomic mass is 10.3. The first-order valence-electron chi connectivity index (χ1n) is 4.70. The van der Waals surface area contributed by atoms with Crippen molar-refractivity contribution < 1.29 is 4.79 Å². The number of aromatic nitrogens is 2. The monoisotopic (exact) mass is 267 g/mol. The molecule has 2 aromatic rings. The van der Waals surface area contributed by atoms with Gasteiger partial charge in [-0.15, -0.1) is 0 Å². The molecule has 1 N–H and O–H groups in total. The lowest BCUT2D eigenvalue weighted by Crippen LogP contribution is -2.13. The van der Waals surface area contributed by atoms with E-state index in [2.05, 4.69) is 15.3 Å². The molecule has 0 aliphatic rings. The molecule has 0 bridgehead atoms. The Bertz CT molecular complexity index is 546. The van der Waals surface area contributed by atoms with Gasteiger partial charge >= 0.3 is 0 Å². The maximum Gasteiger partial charge on any atom is 0.274 e. The van der Waals surface area contributed by atoms with Crippen molar-refractivity contribution in [3.63, 3.8) is 0 Å². The van der Waals surface area contributed by atoms with E-state index in [1.807, 2.05) is 0 Å². The molecule has 0 fully saturated rings. The van der Waals surface area contributed by atoms with Gasteiger partial charge in [0.15, 0.2) is 0 Å². The molecule has 6 heteroatoms. The summed E-state index contributed by atoms with van der Waals surface area (Å²) in [4.78, 5) is 19.3. The Morgan fingerprint density at radius 1 is 1.24 bits per heavy atom. The molecule has 0 aliphatic carbocycles. The van der Waals surface area contributed by atoms with Crippen molar-refractivity contribution in [1.29, 1.82) is 0 Å². The molecular weight excluding hydrogens is 261 g/mol. The van der Waals surface area contributed by atoms with Gasteiger partial charge < -0.3 is 5.32 Å². The number of nitrogens with one attached hydrogen (secondary N) is 1. The van der Waals surface area contributed by atoms with Crippen LogP contribution in [-0.4, -0.2) is 15.9 Å². The molecule has 4 nitrogen and oxygen atoms in total. The van der Waals surface area contributed by atoms with Gasteiger partial charge in [0.25, 0.3) is 5.91 Å². The number of amides is 1. The smallest absolute Gasteiger partial charge is 0.274 e. The second kappa shape index (κ2) is 5.12. The van der Waals surface area contributed by atoms with Crippen molar-refractivity contribution in [2.75, 3.05) is 5.32 Å². The van der Waals surface area contributed by atoms with Crippen LogP contribution in [0.2, 0.25) is 10.0 Å². The zero-order valence-electron chi connectivity index (χ0n) is 8.52. The van der Waals surface area contributed by atoms with Gasteiger partial charge in [0, 0.05) is 6.20 Å². The summed E-state index contributed by atoms with van der Waals surface area (Å²) in [5.74, 6) is -0.364. The van der Waals surface area contributed by atoms with Gasteiger partial charge in [-0.05, 0) is 18.2 Å². The van der Waals surface area contributed by atoms with Crippen molar-refractivity contribution >= 4 is 34.8 Å². The highest BCUT2D eigenvalue weighted by molar-refractivity contribution is 6.44. The summed E-state index contributed by atoms with van der Waals surface area (Å²) < 4.78 is 0. The quantitative estimate of drug-likeness (QED) is 0.910. The zero-order valence-corrected chi connectivity index (χ0v) is 10.0. The summed E-state index contributed by atoms with van der Waals surface area (Å²) >= 11 is 11.8. The van der Waals surface area contributed by atoms with Gasteiger partial charge in [-0.25, -0.2) is 9.97 Å². The second-order valence-corrected chi connectivity index (χ2v) is 3.94. The van der Waals surface area contributed by atoms with E-state index in [1.165, 1.54) is 18.6 Å². The van der Waals surface area contributed by atoms with Crippen molar-refractivity contribution in [3.8, 4) is 0 Å². The third-order valence-corrected chi connectivity index (χ3v) is 2.83. The highest BCUT2D eigenvalue weighted by Crippen LogP contribution is 2.29. The first-order chi connectivity index (χ1) is 8.18. The molecule has 1 heterocycles. The van der Waals surface area contributed by atoms with Crippen LogP contribution >= 0.6 is 23.2 Å². The van der Waals surface area contributed by atoms with Crippen LogP contribution in [0.3, 0.4) is 0 Å². The van der Waals surface area contributed by atoms with Gasteiger partial charge in [0.05, 0.1) is 15.7 Å². The Labute approximate surface area is 108 Å². The summed E-state index contributed by atoms with van der Waals surface area (Å²) in [6.07, 6.45) is 2.79. The van der Waals surface area contributed by atoms with E-state index >= 15 is 0 Å².